The van der Waals surface area contributed by atoms with Gasteiger partial charge in [-0.25, -0.2) is 24.1 Å². The minimum absolute atomic E-state index is 0.00251. The lowest BCUT2D eigenvalue weighted by Crippen LogP contribution is -2.34. The number of pyridine rings is 2. The van der Waals surface area contributed by atoms with E-state index in [4.69, 9.17) is 26.1 Å². The molecule has 0 amide bonds. The minimum Gasteiger partial charge on any atom is -0.477 e. The average Bonchev–Trinajstić information content (AvgIpc) is 3.26. The van der Waals surface area contributed by atoms with Gasteiger partial charge in [0.2, 0.25) is 5.88 Å². The Labute approximate surface area is 234 Å². The number of nitrogens with zero attached hydrogens (tertiary/aromatic N) is 5. The highest BCUT2D eigenvalue weighted by Gasteiger charge is 2.24. The molecule has 1 fully saturated rings. The number of hydrogen-bond acceptors (Lipinski definition) is 7. The molecule has 4 aromatic rings. The molecule has 11 heteroatoms. The van der Waals surface area contributed by atoms with E-state index in [0.29, 0.717) is 47.3 Å². The maximum absolute atomic E-state index is 14.1. The van der Waals surface area contributed by atoms with Crippen molar-refractivity contribution in [3.05, 3.63) is 88.2 Å². The summed E-state index contributed by atoms with van der Waals surface area (Å²) in [5.74, 6) is -0.216. The van der Waals surface area contributed by atoms with Crippen molar-refractivity contribution >= 4 is 34.3 Å². The zero-order valence-electron chi connectivity index (χ0n) is 21.6. The molecule has 0 radical (unpaired) electrons. The van der Waals surface area contributed by atoms with Gasteiger partial charge in [0.15, 0.2) is 11.3 Å². The number of aromatic nitrogens is 4. The van der Waals surface area contributed by atoms with Crippen LogP contribution in [-0.4, -0.2) is 61.3 Å². The Kier molecular flexibility index (Phi) is 7.46. The maximum atomic E-state index is 14.1. The van der Waals surface area contributed by atoms with Gasteiger partial charge in [-0.1, -0.05) is 29.8 Å². The summed E-state index contributed by atoms with van der Waals surface area (Å²) < 4.78 is 27.5. The number of aromatic carboxylic acids is 1. The Morgan fingerprint density at radius 1 is 1.18 bits per heavy atom. The number of fused-ring (bicyclic) bond motifs is 1. The van der Waals surface area contributed by atoms with Gasteiger partial charge in [-0.05, 0) is 48.7 Å². The number of carboxylic acid groups (broad SMARTS) is 1. The number of ether oxygens (including phenoxy) is 2. The summed E-state index contributed by atoms with van der Waals surface area (Å²) >= 11 is 5.83. The standard InChI is InChI=1S/C29H27ClFN5O4/c30-20-5-4-19(22(31)14-20)17-40-27-3-1-2-23(33-27)18-8-11-35(12-9-18)16-26-32-24-6-7-25(29(37)38)34-28(24)36(26)15-21-10-13-39-21/h1-8,14,21H,9-13,15-17H2,(H,37,38). The Morgan fingerprint density at radius 2 is 2.05 bits per heavy atom. The van der Waals surface area contributed by atoms with Crippen LogP contribution in [0.25, 0.3) is 16.7 Å². The van der Waals surface area contributed by atoms with Crippen molar-refractivity contribution in [3.8, 4) is 5.88 Å². The van der Waals surface area contributed by atoms with E-state index in [1.807, 2.05) is 16.7 Å². The minimum atomic E-state index is -1.06. The molecule has 0 saturated carbocycles. The molecular formula is C29H27ClFN5O4. The first-order valence-corrected chi connectivity index (χ1v) is 13.5. The van der Waals surface area contributed by atoms with Crippen LogP contribution in [0.4, 0.5) is 4.39 Å². The van der Waals surface area contributed by atoms with E-state index in [2.05, 4.69) is 20.9 Å². The molecule has 0 bridgehead atoms. The van der Waals surface area contributed by atoms with Crippen LogP contribution in [-0.2, 0) is 24.4 Å². The zero-order chi connectivity index (χ0) is 27.6. The lowest BCUT2D eigenvalue weighted by atomic mass is 10.0. The molecule has 1 saturated heterocycles. The van der Waals surface area contributed by atoms with Crippen LogP contribution in [0.15, 0.2) is 54.6 Å². The first kappa shape index (κ1) is 26.4. The molecule has 1 atom stereocenters. The Morgan fingerprint density at radius 3 is 2.77 bits per heavy atom. The number of halogens is 2. The van der Waals surface area contributed by atoms with Crippen molar-refractivity contribution in [3.63, 3.8) is 0 Å². The number of imidazole rings is 1. The van der Waals surface area contributed by atoms with Gasteiger partial charge in [-0.2, -0.15) is 0 Å². The topological polar surface area (TPSA) is 103 Å². The molecule has 206 valence electrons. The number of benzene rings is 1. The quantitative estimate of drug-likeness (QED) is 0.304. The fourth-order valence-corrected chi connectivity index (χ4v) is 5.02. The summed E-state index contributed by atoms with van der Waals surface area (Å²) in [4.78, 5) is 27.6. The Balaban J connectivity index is 1.15. The number of carboxylic acids is 1. The van der Waals surface area contributed by atoms with Crippen molar-refractivity contribution < 1.29 is 23.8 Å². The smallest absolute Gasteiger partial charge is 0.354 e. The van der Waals surface area contributed by atoms with Gasteiger partial charge in [0.1, 0.15) is 23.8 Å². The Hall–Kier alpha value is -3.86. The molecule has 1 unspecified atom stereocenters. The number of carbonyl (C=O) groups is 1. The molecule has 6 rings (SSSR count). The third kappa shape index (κ3) is 5.70. The van der Waals surface area contributed by atoms with Crippen molar-refractivity contribution in [1.29, 1.82) is 0 Å². The lowest BCUT2D eigenvalue weighted by Gasteiger charge is -2.29. The van der Waals surface area contributed by atoms with Crippen LogP contribution in [0, 0.1) is 5.82 Å². The SMILES string of the molecule is O=C(O)c1ccc2nc(CN3CC=C(c4cccc(OCc5ccc(Cl)cc5F)n4)CC3)n(CC3CCO3)c2n1. The molecule has 2 aliphatic rings. The van der Waals surface area contributed by atoms with Crippen molar-refractivity contribution in [2.24, 2.45) is 0 Å². The van der Waals surface area contributed by atoms with Gasteiger partial charge in [0.25, 0.3) is 0 Å². The number of hydrogen-bond donors (Lipinski definition) is 1. The van der Waals surface area contributed by atoms with Crippen LogP contribution >= 0.6 is 11.6 Å². The third-order valence-corrected chi connectivity index (χ3v) is 7.41. The van der Waals surface area contributed by atoms with Gasteiger partial charge in [-0.15, -0.1) is 0 Å². The molecule has 2 aliphatic heterocycles. The molecule has 0 aliphatic carbocycles. The second-order valence-corrected chi connectivity index (χ2v) is 10.3. The molecular weight excluding hydrogens is 537 g/mol. The van der Waals surface area contributed by atoms with Crippen LogP contribution < -0.4 is 4.74 Å². The average molecular weight is 564 g/mol. The molecule has 1 aromatic carbocycles. The van der Waals surface area contributed by atoms with E-state index in [0.717, 1.165) is 43.1 Å². The highest BCUT2D eigenvalue weighted by atomic mass is 35.5. The maximum Gasteiger partial charge on any atom is 0.354 e. The van der Waals surface area contributed by atoms with Crippen molar-refractivity contribution in [2.75, 3.05) is 19.7 Å². The molecule has 5 heterocycles. The third-order valence-electron chi connectivity index (χ3n) is 7.17. The van der Waals surface area contributed by atoms with E-state index in [9.17, 15) is 14.3 Å². The van der Waals surface area contributed by atoms with Gasteiger partial charge in [0, 0.05) is 36.3 Å². The first-order valence-electron chi connectivity index (χ1n) is 13.1. The van der Waals surface area contributed by atoms with E-state index < -0.39 is 11.8 Å². The molecule has 9 nitrogen and oxygen atoms in total. The zero-order valence-corrected chi connectivity index (χ0v) is 22.4. The van der Waals surface area contributed by atoms with Crippen LogP contribution in [0.2, 0.25) is 5.02 Å². The molecule has 1 N–H and O–H groups in total. The van der Waals surface area contributed by atoms with Gasteiger partial charge >= 0.3 is 5.97 Å². The summed E-state index contributed by atoms with van der Waals surface area (Å²) in [6.07, 6.45) is 3.97. The second kappa shape index (κ2) is 11.3. The summed E-state index contributed by atoms with van der Waals surface area (Å²) in [7, 11) is 0. The lowest BCUT2D eigenvalue weighted by molar-refractivity contribution is -0.0592. The molecule has 40 heavy (non-hydrogen) atoms. The molecule has 3 aromatic heterocycles. The monoisotopic (exact) mass is 563 g/mol. The Bertz CT molecular complexity index is 1600. The number of rotatable bonds is 9. The van der Waals surface area contributed by atoms with Crippen molar-refractivity contribution in [2.45, 2.75) is 38.6 Å². The van der Waals surface area contributed by atoms with Crippen LogP contribution in [0.5, 0.6) is 5.88 Å². The molecule has 0 spiro atoms. The summed E-state index contributed by atoms with van der Waals surface area (Å²) in [5, 5.41) is 9.76. The normalized spacial score (nSPS) is 17.4. The van der Waals surface area contributed by atoms with Gasteiger partial charge < -0.3 is 19.1 Å². The van der Waals surface area contributed by atoms with E-state index in [1.54, 1.807) is 24.3 Å². The first-order chi connectivity index (χ1) is 19.4. The fourth-order valence-electron chi connectivity index (χ4n) is 4.86. The van der Waals surface area contributed by atoms with Gasteiger partial charge in [0.05, 0.1) is 24.9 Å². The van der Waals surface area contributed by atoms with E-state index >= 15 is 0 Å². The van der Waals surface area contributed by atoms with Crippen LogP contribution in [0.1, 0.15) is 40.4 Å². The summed E-state index contributed by atoms with van der Waals surface area (Å²) in [6, 6.07) is 13.3. The van der Waals surface area contributed by atoms with E-state index in [1.165, 1.54) is 12.1 Å². The predicted octanol–water partition coefficient (Wildman–Crippen LogP) is 4.97. The predicted molar refractivity (Wildman–Crippen MR) is 147 cm³/mol. The summed E-state index contributed by atoms with van der Waals surface area (Å²) in [6.45, 7) is 3.48. The van der Waals surface area contributed by atoms with Gasteiger partial charge in [-0.3, -0.25) is 4.90 Å². The summed E-state index contributed by atoms with van der Waals surface area (Å²) in [5.41, 5.74) is 3.59. The highest BCUT2D eigenvalue weighted by molar-refractivity contribution is 6.30. The second-order valence-electron chi connectivity index (χ2n) is 9.86. The largest absolute Gasteiger partial charge is 0.477 e. The fraction of sp³-hybridized carbons (Fsp3) is 0.310. The van der Waals surface area contributed by atoms with Crippen molar-refractivity contribution in [1.82, 2.24) is 24.4 Å². The highest BCUT2D eigenvalue weighted by Crippen LogP contribution is 2.26. The van der Waals surface area contributed by atoms with E-state index in [-0.39, 0.29) is 18.4 Å². The van der Waals surface area contributed by atoms with Crippen LogP contribution in [0.3, 0.4) is 0 Å².